The van der Waals surface area contributed by atoms with Crippen molar-refractivity contribution in [2.45, 2.75) is 44.6 Å². The Morgan fingerprint density at radius 3 is 2.21 bits per heavy atom. The zero-order valence-electron chi connectivity index (χ0n) is 12.3. The molecule has 2 N–H and O–H groups in total. The van der Waals surface area contributed by atoms with Crippen LogP contribution in [-0.4, -0.2) is 38.0 Å². The minimum atomic E-state index is -3.40. The molecule has 7 heteroatoms. The van der Waals surface area contributed by atoms with Crippen molar-refractivity contribution >= 4 is 21.5 Å². The van der Waals surface area contributed by atoms with Crippen molar-refractivity contribution < 1.29 is 8.42 Å². The van der Waals surface area contributed by atoms with Crippen molar-refractivity contribution in [3.63, 3.8) is 0 Å². The fourth-order valence-corrected chi connectivity index (χ4v) is 3.09. The van der Waals surface area contributed by atoms with Gasteiger partial charge in [0.15, 0.2) is 20.6 Å². The number of hydrogen-bond donors (Lipinski definition) is 1. The molecular weight excluding hydrogens is 264 g/mol. The Labute approximate surface area is 115 Å². The van der Waals surface area contributed by atoms with Crippen LogP contribution in [0.15, 0.2) is 4.90 Å². The van der Waals surface area contributed by atoms with E-state index in [1.54, 1.807) is 9.58 Å². The second kappa shape index (κ2) is 5.81. The fraction of sp³-hybridized carbons (Fsp3) is 0.750. The van der Waals surface area contributed by atoms with E-state index < -0.39 is 9.84 Å². The molecule has 0 aliphatic carbocycles. The van der Waals surface area contributed by atoms with Crippen LogP contribution in [0.25, 0.3) is 0 Å². The monoisotopic (exact) mass is 288 g/mol. The van der Waals surface area contributed by atoms with Crippen molar-refractivity contribution in [1.82, 2.24) is 9.78 Å². The first-order valence-electron chi connectivity index (χ1n) is 6.56. The van der Waals surface area contributed by atoms with Gasteiger partial charge in [-0.05, 0) is 19.8 Å². The van der Waals surface area contributed by atoms with Crippen molar-refractivity contribution in [2.24, 2.45) is 0 Å². The van der Waals surface area contributed by atoms with Crippen LogP contribution < -0.4 is 10.6 Å². The third kappa shape index (κ3) is 3.02. The molecule has 0 saturated carbocycles. The van der Waals surface area contributed by atoms with Gasteiger partial charge in [0.05, 0.1) is 6.04 Å². The molecule has 110 valence electrons. The van der Waals surface area contributed by atoms with Crippen molar-refractivity contribution in [1.29, 1.82) is 0 Å². The van der Waals surface area contributed by atoms with Gasteiger partial charge in [-0.15, -0.1) is 0 Å². The number of aromatic nitrogens is 2. The Hall–Kier alpha value is -1.24. The Morgan fingerprint density at radius 1 is 1.32 bits per heavy atom. The van der Waals surface area contributed by atoms with E-state index in [2.05, 4.69) is 5.10 Å². The van der Waals surface area contributed by atoms with E-state index in [9.17, 15) is 8.42 Å². The SMILES string of the molecule is CCC(CC)n1nc(N(C)CC)c(S(C)(=O)=O)c1N. The highest BCUT2D eigenvalue weighted by Gasteiger charge is 2.27. The van der Waals surface area contributed by atoms with Crippen LogP contribution in [0, 0.1) is 0 Å². The molecule has 19 heavy (non-hydrogen) atoms. The zero-order valence-corrected chi connectivity index (χ0v) is 13.2. The molecule has 0 spiro atoms. The largest absolute Gasteiger partial charge is 0.383 e. The number of anilines is 2. The third-order valence-corrected chi connectivity index (χ3v) is 4.51. The lowest BCUT2D eigenvalue weighted by Gasteiger charge is -2.15. The third-order valence-electron chi connectivity index (χ3n) is 3.38. The van der Waals surface area contributed by atoms with Crippen LogP contribution >= 0.6 is 0 Å². The van der Waals surface area contributed by atoms with Crippen molar-refractivity contribution in [3.8, 4) is 0 Å². The number of rotatable bonds is 6. The van der Waals surface area contributed by atoms with E-state index in [0.717, 1.165) is 12.8 Å². The number of nitrogen functional groups attached to an aromatic ring is 1. The Balaban J connectivity index is 3.52. The molecule has 0 fully saturated rings. The molecule has 0 saturated heterocycles. The minimum absolute atomic E-state index is 0.125. The molecular formula is C12H24N4O2S. The quantitative estimate of drug-likeness (QED) is 0.861. The van der Waals surface area contributed by atoms with Gasteiger partial charge in [0, 0.05) is 19.8 Å². The summed E-state index contributed by atoms with van der Waals surface area (Å²) in [4.78, 5) is 1.94. The van der Waals surface area contributed by atoms with E-state index in [1.807, 2.05) is 27.8 Å². The minimum Gasteiger partial charge on any atom is -0.383 e. The number of sulfone groups is 1. The highest BCUT2D eigenvalue weighted by atomic mass is 32.2. The highest BCUT2D eigenvalue weighted by Crippen LogP contribution is 2.32. The topological polar surface area (TPSA) is 81.2 Å². The lowest BCUT2D eigenvalue weighted by molar-refractivity contribution is 0.434. The van der Waals surface area contributed by atoms with Gasteiger partial charge in [-0.2, -0.15) is 5.10 Å². The van der Waals surface area contributed by atoms with Gasteiger partial charge in [-0.25, -0.2) is 13.1 Å². The second-order valence-electron chi connectivity index (χ2n) is 4.74. The highest BCUT2D eigenvalue weighted by molar-refractivity contribution is 7.91. The Morgan fingerprint density at radius 2 is 1.84 bits per heavy atom. The normalized spacial score (nSPS) is 12.1. The molecule has 0 unspecified atom stereocenters. The summed E-state index contributed by atoms with van der Waals surface area (Å²) in [5.74, 6) is 0.681. The van der Waals surface area contributed by atoms with Crippen LogP contribution in [0.4, 0.5) is 11.6 Å². The standard InChI is InChI=1S/C12H24N4O2S/c1-6-9(7-2)16-11(13)10(19(5,17)18)12(14-16)15(4)8-3/h9H,6-8,13H2,1-5H3. The summed E-state index contributed by atoms with van der Waals surface area (Å²) in [6.07, 6.45) is 2.90. The maximum atomic E-state index is 11.9. The van der Waals surface area contributed by atoms with Gasteiger partial charge in [-0.1, -0.05) is 13.8 Å². The zero-order chi connectivity index (χ0) is 14.8. The summed E-state index contributed by atoms with van der Waals surface area (Å²) < 4.78 is 25.5. The summed E-state index contributed by atoms with van der Waals surface area (Å²) in [6.45, 7) is 6.69. The molecule has 0 aliphatic heterocycles. The first-order chi connectivity index (χ1) is 8.77. The molecule has 1 aromatic rings. The van der Waals surface area contributed by atoms with E-state index >= 15 is 0 Å². The van der Waals surface area contributed by atoms with Gasteiger partial charge < -0.3 is 10.6 Å². The summed E-state index contributed by atoms with van der Waals surface area (Å²) in [5, 5.41) is 4.43. The van der Waals surface area contributed by atoms with Crippen LogP contribution in [-0.2, 0) is 9.84 Å². The smallest absolute Gasteiger partial charge is 0.182 e. The maximum Gasteiger partial charge on any atom is 0.182 e. The summed E-state index contributed by atoms with van der Waals surface area (Å²) >= 11 is 0. The molecule has 0 atom stereocenters. The van der Waals surface area contributed by atoms with Gasteiger partial charge in [0.25, 0.3) is 0 Å². The Kier molecular flexibility index (Phi) is 4.84. The Bertz CT molecular complexity index is 532. The predicted octanol–water partition coefficient (Wildman–Crippen LogP) is 1.69. The molecule has 0 bridgehead atoms. The predicted molar refractivity (Wildman–Crippen MR) is 78.3 cm³/mol. The first kappa shape index (κ1) is 15.8. The molecule has 1 aromatic heterocycles. The first-order valence-corrected chi connectivity index (χ1v) is 8.46. The van der Waals surface area contributed by atoms with Crippen molar-refractivity contribution in [3.05, 3.63) is 0 Å². The van der Waals surface area contributed by atoms with Gasteiger partial charge in [0.2, 0.25) is 0 Å². The fourth-order valence-electron chi connectivity index (χ4n) is 2.09. The molecule has 0 radical (unpaired) electrons. The molecule has 0 aromatic carbocycles. The van der Waals surface area contributed by atoms with E-state index in [0.29, 0.717) is 12.4 Å². The number of nitrogens with zero attached hydrogens (tertiary/aromatic N) is 3. The maximum absolute atomic E-state index is 11.9. The van der Waals surface area contributed by atoms with Crippen LogP contribution in [0.2, 0.25) is 0 Å². The number of hydrogen-bond acceptors (Lipinski definition) is 5. The molecule has 1 rings (SSSR count). The number of nitrogens with two attached hydrogens (primary N) is 1. The van der Waals surface area contributed by atoms with Gasteiger partial charge in [0.1, 0.15) is 5.82 Å². The molecule has 1 heterocycles. The van der Waals surface area contributed by atoms with Crippen LogP contribution in [0.3, 0.4) is 0 Å². The van der Waals surface area contributed by atoms with E-state index in [4.69, 9.17) is 5.73 Å². The van der Waals surface area contributed by atoms with Gasteiger partial charge >= 0.3 is 0 Å². The summed E-state index contributed by atoms with van der Waals surface area (Å²) in [5.41, 5.74) is 6.03. The van der Waals surface area contributed by atoms with E-state index in [-0.39, 0.29) is 16.8 Å². The second-order valence-corrected chi connectivity index (χ2v) is 6.69. The average Bonchev–Trinajstić information content (AvgIpc) is 2.68. The lowest BCUT2D eigenvalue weighted by atomic mass is 10.2. The van der Waals surface area contributed by atoms with Crippen molar-refractivity contribution in [2.75, 3.05) is 30.5 Å². The van der Waals surface area contributed by atoms with Gasteiger partial charge in [-0.3, -0.25) is 0 Å². The van der Waals surface area contributed by atoms with Crippen LogP contribution in [0.5, 0.6) is 0 Å². The molecule has 0 amide bonds. The van der Waals surface area contributed by atoms with E-state index in [1.165, 1.54) is 6.26 Å². The summed E-state index contributed by atoms with van der Waals surface area (Å²) in [6, 6.07) is 0.125. The molecule has 0 aliphatic rings. The van der Waals surface area contributed by atoms with Crippen LogP contribution in [0.1, 0.15) is 39.7 Å². The molecule has 6 nitrogen and oxygen atoms in total. The average molecular weight is 288 g/mol. The summed E-state index contributed by atoms with van der Waals surface area (Å²) in [7, 11) is -1.59. The lowest BCUT2D eigenvalue weighted by Crippen LogP contribution is -2.19.